The van der Waals surface area contributed by atoms with Crippen LogP contribution in [-0.4, -0.2) is 35.4 Å². The van der Waals surface area contributed by atoms with Gasteiger partial charge in [0.15, 0.2) is 0 Å². The molecular formula is C27H31N3O4S2. The van der Waals surface area contributed by atoms with E-state index >= 15 is 0 Å². The highest BCUT2D eigenvalue weighted by Crippen LogP contribution is 2.50. The minimum absolute atomic E-state index is 0.121. The van der Waals surface area contributed by atoms with E-state index in [4.69, 9.17) is 15.7 Å². The van der Waals surface area contributed by atoms with Gasteiger partial charge in [0.1, 0.15) is 6.04 Å². The van der Waals surface area contributed by atoms with Gasteiger partial charge in [0.2, 0.25) is 11.8 Å². The van der Waals surface area contributed by atoms with Gasteiger partial charge in [-0.15, -0.1) is 23.1 Å². The first-order valence-corrected chi connectivity index (χ1v) is 13.7. The summed E-state index contributed by atoms with van der Waals surface area (Å²) in [7, 11) is 0. The fourth-order valence-electron chi connectivity index (χ4n) is 4.25. The van der Waals surface area contributed by atoms with Crippen LogP contribution in [0.1, 0.15) is 36.1 Å². The van der Waals surface area contributed by atoms with Gasteiger partial charge in [-0.1, -0.05) is 48.9 Å². The van der Waals surface area contributed by atoms with Crippen LogP contribution in [0.3, 0.4) is 0 Å². The lowest BCUT2D eigenvalue weighted by Gasteiger charge is -2.35. The van der Waals surface area contributed by atoms with Gasteiger partial charge in [0, 0.05) is 21.9 Å². The Kier molecular flexibility index (Phi) is 9.17. The summed E-state index contributed by atoms with van der Waals surface area (Å²) in [5.41, 5.74) is 10.5. The molecule has 7 nitrogen and oxygen atoms in total. The fraction of sp³-hybridized carbons (Fsp3) is 0.333. The summed E-state index contributed by atoms with van der Waals surface area (Å²) in [5, 5.41) is 12.0. The van der Waals surface area contributed by atoms with Crippen molar-refractivity contribution in [3.8, 4) is 10.4 Å². The van der Waals surface area contributed by atoms with Crippen molar-refractivity contribution in [2.24, 2.45) is 5.73 Å². The molecule has 1 aliphatic heterocycles. The minimum Gasteiger partial charge on any atom is -0.375 e. The van der Waals surface area contributed by atoms with Gasteiger partial charge in [-0.3, -0.25) is 14.8 Å². The third kappa shape index (κ3) is 6.74. The van der Waals surface area contributed by atoms with E-state index in [2.05, 4.69) is 17.4 Å². The average Bonchev–Trinajstić information content (AvgIpc) is 3.41. The number of ether oxygens (including phenoxy) is 1. The Labute approximate surface area is 219 Å². The van der Waals surface area contributed by atoms with Crippen LogP contribution in [0.4, 0.5) is 5.69 Å². The van der Waals surface area contributed by atoms with Crippen molar-refractivity contribution in [1.29, 1.82) is 0 Å². The van der Waals surface area contributed by atoms with Crippen LogP contribution in [0, 0.1) is 0 Å². The Hall–Kier alpha value is -2.69. The molecule has 36 heavy (non-hydrogen) atoms. The van der Waals surface area contributed by atoms with Crippen molar-refractivity contribution in [3.63, 3.8) is 0 Å². The highest BCUT2D eigenvalue weighted by molar-refractivity contribution is 8.00. The Morgan fingerprint density at radius 3 is 2.67 bits per heavy atom. The van der Waals surface area contributed by atoms with Crippen LogP contribution >= 0.6 is 23.1 Å². The number of hydrogen-bond acceptors (Lipinski definition) is 7. The van der Waals surface area contributed by atoms with Gasteiger partial charge >= 0.3 is 0 Å². The molecule has 9 heteroatoms. The van der Waals surface area contributed by atoms with Crippen molar-refractivity contribution < 1.29 is 19.5 Å². The molecule has 0 bridgehead atoms. The van der Waals surface area contributed by atoms with Crippen molar-refractivity contribution in [3.05, 3.63) is 77.2 Å². The lowest BCUT2D eigenvalue weighted by molar-refractivity contribution is -0.129. The maximum absolute atomic E-state index is 12.6. The Morgan fingerprint density at radius 1 is 1.08 bits per heavy atom. The second-order valence-electron chi connectivity index (χ2n) is 8.85. The van der Waals surface area contributed by atoms with Crippen molar-refractivity contribution in [2.75, 3.05) is 17.7 Å². The molecule has 190 valence electrons. The van der Waals surface area contributed by atoms with E-state index in [1.165, 1.54) is 0 Å². The van der Waals surface area contributed by atoms with Crippen LogP contribution in [-0.2, 0) is 25.7 Å². The van der Waals surface area contributed by atoms with E-state index in [1.807, 2.05) is 54.6 Å². The number of hydroxylamine groups is 1. The van der Waals surface area contributed by atoms with Crippen LogP contribution in [0.25, 0.3) is 10.4 Å². The van der Waals surface area contributed by atoms with Crippen molar-refractivity contribution >= 4 is 40.6 Å². The van der Waals surface area contributed by atoms with Gasteiger partial charge in [-0.2, -0.15) is 0 Å². The molecule has 3 aromatic rings. The molecule has 0 unspecified atom stereocenters. The molecule has 0 aliphatic carbocycles. The zero-order chi connectivity index (χ0) is 25.4. The molecule has 2 heterocycles. The van der Waals surface area contributed by atoms with E-state index in [0.29, 0.717) is 12.3 Å². The van der Waals surface area contributed by atoms with Crippen LogP contribution < -0.4 is 16.5 Å². The monoisotopic (exact) mass is 525 g/mol. The maximum atomic E-state index is 12.6. The summed E-state index contributed by atoms with van der Waals surface area (Å²) in [6.07, 6.45) is 3.32. The minimum atomic E-state index is -0.786. The largest absolute Gasteiger partial charge is 0.375 e. The molecule has 1 aliphatic rings. The number of benzene rings is 2. The lowest BCUT2D eigenvalue weighted by atomic mass is 9.94. The summed E-state index contributed by atoms with van der Waals surface area (Å²) >= 11 is 3.44. The molecule has 5 N–H and O–H groups in total. The first-order chi connectivity index (χ1) is 17.5. The number of thioether (sulfide) groups is 1. The second kappa shape index (κ2) is 12.5. The number of amides is 2. The lowest BCUT2D eigenvalue weighted by Crippen LogP contribution is -2.39. The predicted octanol–water partition coefficient (Wildman–Crippen LogP) is 4.91. The van der Waals surface area contributed by atoms with Gasteiger partial charge in [-0.05, 0) is 54.0 Å². The molecule has 1 aromatic heterocycles. The number of nitrogens with one attached hydrogen (secondary N) is 2. The quantitative estimate of drug-likeness (QED) is 0.221. The van der Waals surface area contributed by atoms with E-state index < -0.39 is 6.04 Å². The van der Waals surface area contributed by atoms with Gasteiger partial charge in [-0.25, -0.2) is 5.48 Å². The SMILES string of the molecule is N[C@@H](COCc1ccccc1)C(=O)Nc1cccc(-c2ccc([C@@]3(CC(=O)NO)CCCCS3)s2)c1. The molecule has 0 radical (unpaired) electrons. The summed E-state index contributed by atoms with van der Waals surface area (Å²) in [6, 6.07) is 20.7. The van der Waals surface area contributed by atoms with E-state index in [0.717, 1.165) is 45.9 Å². The normalized spacial score (nSPS) is 18.4. The zero-order valence-corrected chi connectivity index (χ0v) is 21.6. The summed E-state index contributed by atoms with van der Waals surface area (Å²) < 4.78 is 5.28. The second-order valence-corrected chi connectivity index (χ2v) is 11.4. The van der Waals surface area contributed by atoms with Crippen molar-refractivity contribution in [1.82, 2.24) is 5.48 Å². The highest BCUT2D eigenvalue weighted by Gasteiger charge is 2.38. The third-order valence-electron chi connectivity index (χ3n) is 6.14. The van der Waals surface area contributed by atoms with Gasteiger partial charge in [0.05, 0.1) is 18.0 Å². The van der Waals surface area contributed by atoms with E-state index in [1.54, 1.807) is 28.6 Å². The van der Waals surface area contributed by atoms with E-state index in [9.17, 15) is 9.59 Å². The number of hydrogen-bond donors (Lipinski definition) is 4. The first-order valence-electron chi connectivity index (χ1n) is 11.9. The van der Waals surface area contributed by atoms with Gasteiger partial charge in [0.25, 0.3) is 0 Å². The summed E-state index contributed by atoms with van der Waals surface area (Å²) in [4.78, 5) is 26.8. The molecule has 2 atom stereocenters. The Balaban J connectivity index is 1.40. The standard InChI is InChI=1S/C27H31N3O4S2/c28-22(18-34-17-19-7-2-1-3-8-19)26(32)29-21-10-6-9-20(15-21)23-11-12-24(36-23)27(16-25(31)30-33)13-4-5-14-35-27/h1-3,6-12,15,22,33H,4-5,13-14,16-18,28H2,(H,29,32)(H,30,31)/t22-,27-/m0/s1. The molecule has 0 saturated carbocycles. The zero-order valence-electron chi connectivity index (χ0n) is 19.9. The number of carbonyl (C=O) groups excluding carboxylic acids is 2. The number of rotatable bonds is 10. The Bertz CT molecular complexity index is 1160. The third-order valence-corrected chi connectivity index (χ3v) is 9.22. The highest BCUT2D eigenvalue weighted by atomic mass is 32.2. The number of carbonyl (C=O) groups is 2. The molecule has 1 fully saturated rings. The predicted molar refractivity (Wildman–Crippen MR) is 145 cm³/mol. The van der Waals surface area contributed by atoms with E-state index in [-0.39, 0.29) is 29.6 Å². The number of thiophene rings is 1. The molecule has 1 saturated heterocycles. The van der Waals surface area contributed by atoms with Gasteiger partial charge < -0.3 is 15.8 Å². The summed E-state index contributed by atoms with van der Waals surface area (Å²) in [5.74, 6) is 0.316. The van der Waals surface area contributed by atoms with Crippen LogP contribution in [0.5, 0.6) is 0 Å². The first kappa shape index (κ1) is 26.4. The van der Waals surface area contributed by atoms with Crippen molar-refractivity contribution in [2.45, 2.75) is 43.1 Å². The number of nitrogens with two attached hydrogens (primary N) is 1. The molecule has 0 spiro atoms. The fourth-order valence-corrected chi connectivity index (χ4v) is 7.14. The molecule has 4 rings (SSSR count). The summed E-state index contributed by atoms with van der Waals surface area (Å²) in [6.45, 7) is 0.521. The average molecular weight is 526 g/mol. The van der Waals surface area contributed by atoms with Crippen LogP contribution in [0.2, 0.25) is 0 Å². The number of anilines is 1. The van der Waals surface area contributed by atoms with Crippen LogP contribution in [0.15, 0.2) is 66.7 Å². The Morgan fingerprint density at radius 2 is 1.92 bits per heavy atom. The molecule has 2 aromatic carbocycles. The topological polar surface area (TPSA) is 114 Å². The maximum Gasteiger partial charge on any atom is 0.245 e. The molecule has 2 amide bonds. The smallest absolute Gasteiger partial charge is 0.245 e. The molecular weight excluding hydrogens is 494 g/mol.